The predicted octanol–water partition coefficient (Wildman–Crippen LogP) is 2.97. The number of hydrogen-bond acceptors (Lipinski definition) is 3. The number of carbonyl (C=O) groups is 2. The average Bonchev–Trinajstić information content (AvgIpc) is 3.19. The van der Waals surface area contributed by atoms with Gasteiger partial charge in [0.2, 0.25) is 5.91 Å². The number of halogens is 1. The fraction of sp³-hybridized carbons (Fsp3) is 0.450. The third-order valence-electron chi connectivity index (χ3n) is 5.08. The minimum atomic E-state index is -0.170. The average molecular weight is 387 g/mol. The fourth-order valence-electron chi connectivity index (χ4n) is 3.43. The second-order valence-corrected chi connectivity index (χ2v) is 7.73. The highest BCUT2D eigenvalue weighted by molar-refractivity contribution is 6.30. The van der Waals surface area contributed by atoms with Crippen molar-refractivity contribution in [3.8, 4) is 0 Å². The molecule has 1 aromatic heterocycles. The first kappa shape index (κ1) is 18.0. The van der Waals surface area contributed by atoms with Gasteiger partial charge in [0, 0.05) is 30.6 Å². The SMILES string of the molecule is O=C(Cn1nc(C2CC2)cc1C(=O)N1CCCC1)NCc1cccc(Cl)c1. The minimum Gasteiger partial charge on any atom is -0.350 e. The Labute approximate surface area is 163 Å². The number of aromatic nitrogens is 2. The Kier molecular flexibility index (Phi) is 5.16. The standard InChI is InChI=1S/C20H23ClN4O2/c21-16-5-3-4-14(10-16)12-22-19(26)13-25-18(11-17(23-25)15-6-7-15)20(27)24-8-1-2-9-24/h3-5,10-11,15H,1-2,6-9,12-13H2,(H,22,26). The third-order valence-corrected chi connectivity index (χ3v) is 5.31. The highest BCUT2D eigenvalue weighted by atomic mass is 35.5. The molecule has 7 heteroatoms. The van der Waals surface area contributed by atoms with Gasteiger partial charge in [-0.25, -0.2) is 0 Å². The van der Waals surface area contributed by atoms with Crippen LogP contribution in [0, 0.1) is 0 Å². The maximum Gasteiger partial charge on any atom is 0.272 e. The molecular weight excluding hydrogens is 364 g/mol. The molecule has 1 saturated heterocycles. The molecule has 1 saturated carbocycles. The van der Waals surface area contributed by atoms with E-state index in [1.165, 1.54) is 0 Å². The summed E-state index contributed by atoms with van der Waals surface area (Å²) in [6, 6.07) is 9.26. The summed E-state index contributed by atoms with van der Waals surface area (Å²) in [5.41, 5.74) is 2.39. The van der Waals surface area contributed by atoms with E-state index in [4.69, 9.17) is 11.6 Å². The fourth-order valence-corrected chi connectivity index (χ4v) is 3.64. The summed E-state index contributed by atoms with van der Waals surface area (Å²) < 4.78 is 1.57. The molecule has 0 radical (unpaired) electrons. The van der Waals surface area contributed by atoms with Gasteiger partial charge >= 0.3 is 0 Å². The molecular formula is C20H23ClN4O2. The van der Waals surface area contributed by atoms with Crippen molar-refractivity contribution < 1.29 is 9.59 Å². The Morgan fingerprint density at radius 3 is 2.67 bits per heavy atom. The van der Waals surface area contributed by atoms with Gasteiger partial charge in [0.1, 0.15) is 12.2 Å². The Morgan fingerprint density at radius 1 is 1.19 bits per heavy atom. The summed E-state index contributed by atoms with van der Waals surface area (Å²) >= 11 is 5.98. The van der Waals surface area contributed by atoms with Crippen molar-refractivity contribution in [3.63, 3.8) is 0 Å². The van der Waals surface area contributed by atoms with E-state index in [-0.39, 0.29) is 18.4 Å². The summed E-state index contributed by atoms with van der Waals surface area (Å²) in [6.45, 7) is 2.00. The number of carbonyl (C=O) groups excluding carboxylic acids is 2. The zero-order valence-electron chi connectivity index (χ0n) is 15.2. The lowest BCUT2D eigenvalue weighted by atomic mass is 10.2. The van der Waals surface area contributed by atoms with Crippen molar-refractivity contribution in [3.05, 3.63) is 52.3 Å². The second kappa shape index (κ2) is 7.72. The molecule has 1 aliphatic carbocycles. The van der Waals surface area contributed by atoms with Crippen LogP contribution in [0.5, 0.6) is 0 Å². The molecule has 4 rings (SSSR count). The van der Waals surface area contributed by atoms with E-state index in [9.17, 15) is 9.59 Å². The smallest absolute Gasteiger partial charge is 0.272 e. The molecule has 0 bridgehead atoms. The summed E-state index contributed by atoms with van der Waals surface area (Å²) in [5, 5.41) is 8.08. The highest BCUT2D eigenvalue weighted by Gasteiger charge is 2.30. The van der Waals surface area contributed by atoms with Gasteiger partial charge in [0.05, 0.1) is 5.69 Å². The van der Waals surface area contributed by atoms with Crippen LogP contribution in [0.1, 0.15) is 53.3 Å². The van der Waals surface area contributed by atoms with Crippen LogP contribution in [0.3, 0.4) is 0 Å². The molecule has 2 aliphatic rings. The number of nitrogens with one attached hydrogen (secondary N) is 1. The molecule has 1 aromatic carbocycles. The van der Waals surface area contributed by atoms with E-state index in [0.717, 1.165) is 50.0 Å². The largest absolute Gasteiger partial charge is 0.350 e. The summed E-state index contributed by atoms with van der Waals surface area (Å²) in [7, 11) is 0. The van der Waals surface area contributed by atoms with E-state index >= 15 is 0 Å². The summed E-state index contributed by atoms with van der Waals surface area (Å²) in [6.07, 6.45) is 4.29. The number of hydrogen-bond donors (Lipinski definition) is 1. The van der Waals surface area contributed by atoms with Crippen LogP contribution in [0.2, 0.25) is 5.02 Å². The van der Waals surface area contributed by atoms with Gasteiger partial charge < -0.3 is 10.2 Å². The Balaban J connectivity index is 1.45. The van der Waals surface area contributed by atoms with Crippen LogP contribution in [0.15, 0.2) is 30.3 Å². The number of amides is 2. The van der Waals surface area contributed by atoms with Crippen LogP contribution >= 0.6 is 11.6 Å². The Morgan fingerprint density at radius 2 is 1.96 bits per heavy atom. The Bertz CT molecular complexity index is 853. The van der Waals surface area contributed by atoms with Crippen molar-refractivity contribution in [1.29, 1.82) is 0 Å². The molecule has 27 heavy (non-hydrogen) atoms. The predicted molar refractivity (Wildman–Crippen MR) is 103 cm³/mol. The monoisotopic (exact) mass is 386 g/mol. The first-order chi connectivity index (χ1) is 13.1. The van der Waals surface area contributed by atoms with Gasteiger partial charge in [-0.3, -0.25) is 14.3 Å². The number of likely N-dealkylation sites (tertiary alicyclic amines) is 1. The molecule has 0 spiro atoms. The van der Waals surface area contributed by atoms with Crippen molar-refractivity contribution in [2.75, 3.05) is 13.1 Å². The van der Waals surface area contributed by atoms with Crippen molar-refractivity contribution in [1.82, 2.24) is 20.0 Å². The maximum absolute atomic E-state index is 12.8. The van der Waals surface area contributed by atoms with E-state index in [1.807, 2.05) is 29.2 Å². The van der Waals surface area contributed by atoms with Crippen LogP contribution in [-0.4, -0.2) is 39.6 Å². The summed E-state index contributed by atoms with van der Waals surface area (Å²) in [5.74, 6) is 0.247. The molecule has 0 atom stereocenters. The van der Waals surface area contributed by atoms with E-state index < -0.39 is 0 Å². The summed E-state index contributed by atoms with van der Waals surface area (Å²) in [4.78, 5) is 27.1. The van der Waals surface area contributed by atoms with Gasteiger partial charge in [-0.2, -0.15) is 5.10 Å². The molecule has 2 fully saturated rings. The van der Waals surface area contributed by atoms with Crippen molar-refractivity contribution >= 4 is 23.4 Å². The maximum atomic E-state index is 12.8. The second-order valence-electron chi connectivity index (χ2n) is 7.29. The Hall–Kier alpha value is -2.34. The number of benzene rings is 1. The molecule has 2 aromatic rings. The number of rotatable bonds is 6. The lowest BCUT2D eigenvalue weighted by Crippen LogP contribution is -2.33. The van der Waals surface area contributed by atoms with E-state index in [1.54, 1.807) is 10.7 Å². The first-order valence-electron chi connectivity index (χ1n) is 9.48. The van der Waals surface area contributed by atoms with Gasteiger partial charge in [0.25, 0.3) is 5.91 Å². The van der Waals surface area contributed by atoms with Crippen LogP contribution < -0.4 is 5.32 Å². The third kappa shape index (κ3) is 4.33. The molecule has 1 aliphatic heterocycles. The van der Waals surface area contributed by atoms with Crippen LogP contribution in [0.25, 0.3) is 0 Å². The van der Waals surface area contributed by atoms with E-state index in [0.29, 0.717) is 23.2 Å². The quantitative estimate of drug-likeness (QED) is 0.829. The van der Waals surface area contributed by atoms with Gasteiger partial charge in [0.15, 0.2) is 0 Å². The molecule has 1 N–H and O–H groups in total. The lowest BCUT2D eigenvalue weighted by molar-refractivity contribution is -0.122. The zero-order valence-corrected chi connectivity index (χ0v) is 15.9. The molecule has 2 heterocycles. The minimum absolute atomic E-state index is 0.0189. The van der Waals surface area contributed by atoms with E-state index in [2.05, 4.69) is 10.4 Å². The molecule has 0 unspecified atom stereocenters. The van der Waals surface area contributed by atoms with Crippen LogP contribution in [-0.2, 0) is 17.9 Å². The van der Waals surface area contributed by atoms with Crippen LogP contribution in [0.4, 0.5) is 0 Å². The van der Waals surface area contributed by atoms with Crippen molar-refractivity contribution in [2.24, 2.45) is 0 Å². The first-order valence-corrected chi connectivity index (χ1v) is 9.86. The topological polar surface area (TPSA) is 67.2 Å². The molecule has 142 valence electrons. The highest BCUT2D eigenvalue weighted by Crippen LogP contribution is 2.39. The lowest BCUT2D eigenvalue weighted by Gasteiger charge is -2.16. The molecule has 6 nitrogen and oxygen atoms in total. The number of nitrogens with zero attached hydrogens (tertiary/aromatic N) is 3. The molecule has 2 amide bonds. The van der Waals surface area contributed by atoms with Gasteiger partial charge in [-0.15, -0.1) is 0 Å². The normalized spacial score (nSPS) is 16.6. The van der Waals surface area contributed by atoms with Gasteiger partial charge in [-0.05, 0) is 49.4 Å². The zero-order chi connectivity index (χ0) is 18.8. The van der Waals surface area contributed by atoms with Gasteiger partial charge in [-0.1, -0.05) is 23.7 Å². The van der Waals surface area contributed by atoms with Crippen molar-refractivity contribution in [2.45, 2.75) is 44.7 Å².